The molecule has 1 aliphatic heterocycles. The highest BCUT2D eigenvalue weighted by atomic mass is 79.9. The van der Waals surface area contributed by atoms with Crippen LogP contribution in [0.1, 0.15) is 12.5 Å². The van der Waals surface area contributed by atoms with E-state index in [1.165, 1.54) is 8.61 Å². The lowest BCUT2D eigenvalue weighted by Gasteiger charge is -2.33. The Morgan fingerprint density at radius 2 is 1.42 bits per heavy atom. The van der Waals surface area contributed by atoms with Gasteiger partial charge in [0.05, 0.1) is 8.68 Å². The number of piperazine rings is 1. The summed E-state index contributed by atoms with van der Waals surface area (Å²) in [6.45, 7) is 2.58. The monoisotopic (exact) mass is 478 g/mol. The number of aryl methyl sites for hydroxylation is 1. The molecule has 1 aromatic heterocycles. The predicted molar refractivity (Wildman–Crippen MR) is 105 cm³/mol. The van der Waals surface area contributed by atoms with Crippen molar-refractivity contribution in [2.24, 2.45) is 0 Å². The van der Waals surface area contributed by atoms with Gasteiger partial charge in [0, 0.05) is 26.2 Å². The minimum absolute atomic E-state index is 0.142. The molecular formula is C16H19BrN2O4S3. The maximum Gasteiger partial charge on any atom is 0.252 e. The minimum atomic E-state index is -3.61. The Balaban J connectivity index is 1.73. The second kappa shape index (κ2) is 7.69. The third kappa shape index (κ3) is 3.90. The van der Waals surface area contributed by atoms with Gasteiger partial charge in [-0.15, -0.1) is 11.3 Å². The molecule has 10 heteroatoms. The van der Waals surface area contributed by atoms with E-state index in [-0.39, 0.29) is 35.3 Å². The van der Waals surface area contributed by atoms with Crippen molar-refractivity contribution in [1.29, 1.82) is 0 Å². The van der Waals surface area contributed by atoms with Gasteiger partial charge in [-0.2, -0.15) is 8.61 Å². The fraction of sp³-hybridized carbons (Fsp3) is 0.375. The Morgan fingerprint density at radius 1 is 0.885 bits per heavy atom. The third-order valence-corrected chi connectivity index (χ3v) is 10.2. The number of rotatable bonds is 5. The van der Waals surface area contributed by atoms with Crippen molar-refractivity contribution in [3.63, 3.8) is 0 Å². The summed E-state index contributed by atoms with van der Waals surface area (Å²) in [4.78, 5) is 0.244. The molecule has 2 aromatic rings. The van der Waals surface area contributed by atoms with Crippen molar-refractivity contribution in [3.8, 4) is 0 Å². The highest BCUT2D eigenvalue weighted by molar-refractivity contribution is 9.11. The van der Waals surface area contributed by atoms with Crippen molar-refractivity contribution in [3.05, 3.63) is 45.7 Å². The van der Waals surface area contributed by atoms with Crippen LogP contribution in [-0.2, 0) is 26.5 Å². The smallest absolute Gasteiger partial charge is 0.207 e. The molecular weight excluding hydrogens is 460 g/mol. The molecule has 0 aliphatic carbocycles. The fourth-order valence-corrected chi connectivity index (χ4v) is 7.77. The molecule has 142 valence electrons. The standard InChI is InChI=1S/C16H19BrN2O4S3/c1-2-13-3-5-14(6-4-13)25(20,21)18-9-11-19(12-10-18)26(22,23)16-8-7-15(17)24-16/h3-8H,2,9-12H2,1H3. The largest absolute Gasteiger partial charge is 0.252 e. The van der Waals surface area contributed by atoms with Crippen molar-refractivity contribution < 1.29 is 16.8 Å². The Bertz CT molecular complexity index is 977. The first-order valence-electron chi connectivity index (χ1n) is 8.09. The molecule has 1 aliphatic rings. The third-order valence-electron chi connectivity index (χ3n) is 4.31. The van der Waals surface area contributed by atoms with Crippen molar-refractivity contribution in [2.75, 3.05) is 26.2 Å². The minimum Gasteiger partial charge on any atom is -0.207 e. The van der Waals surface area contributed by atoms with Gasteiger partial charge in [-0.25, -0.2) is 16.8 Å². The maximum absolute atomic E-state index is 12.8. The van der Waals surface area contributed by atoms with E-state index in [0.29, 0.717) is 0 Å². The summed E-state index contributed by atoms with van der Waals surface area (Å²) in [7, 11) is -7.19. The molecule has 26 heavy (non-hydrogen) atoms. The number of halogens is 1. The topological polar surface area (TPSA) is 74.8 Å². The quantitative estimate of drug-likeness (QED) is 0.661. The number of hydrogen-bond acceptors (Lipinski definition) is 5. The van der Waals surface area contributed by atoms with Crippen LogP contribution in [-0.4, -0.2) is 51.6 Å². The zero-order valence-corrected chi connectivity index (χ0v) is 18.2. The van der Waals surface area contributed by atoms with Gasteiger partial charge in [0.25, 0.3) is 10.0 Å². The van der Waals surface area contributed by atoms with Gasteiger partial charge < -0.3 is 0 Å². The average Bonchev–Trinajstić information content (AvgIpc) is 3.09. The summed E-state index contributed by atoms with van der Waals surface area (Å²) < 4.78 is 54.5. The van der Waals surface area contributed by atoms with Gasteiger partial charge in [-0.3, -0.25) is 0 Å². The first kappa shape index (κ1) is 20.0. The normalized spacial score (nSPS) is 17.5. The predicted octanol–water partition coefficient (Wildman–Crippen LogP) is 2.77. The van der Waals surface area contributed by atoms with Gasteiger partial charge in [0.2, 0.25) is 10.0 Å². The van der Waals surface area contributed by atoms with E-state index in [0.717, 1.165) is 27.1 Å². The summed E-state index contributed by atoms with van der Waals surface area (Å²) in [5.41, 5.74) is 1.07. The molecule has 3 rings (SSSR count). The van der Waals surface area contributed by atoms with Crippen LogP contribution >= 0.6 is 27.3 Å². The van der Waals surface area contributed by atoms with Gasteiger partial charge in [-0.05, 0) is 52.2 Å². The van der Waals surface area contributed by atoms with E-state index < -0.39 is 20.0 Å². The number of nitrogens with zero attached hydrogens (tertiary/aromatic N) is 2. The molecule has 0 amide bonds. The number of sulfonamides is 2. The van der Waals surface area contributed by atoms with Gasteiger partial charge in [0.15, 0.2) is 0 Å². The van der Waals surface area contributed by atoms with Gasteiger partial charge in [0.1, 0.15) is 4.21 Å². The van der Waals surface area contributed by atoms with E-state index in [2.05, 4.69) is 15.9 Å². The van der Waals surface area contributed by atoms with E-state index >= 15 is 0 Å². The molecule has 0 bridgehead atoms. The molecule has 2 heterocycles. The summed E-state index contributed by atoms with van der Waals surface area (Å²) >= 11 is 4.42. The van der Waals surface area contributed by atoms with E-state index in [1.54, 1.807) is 24.3 Å². The Kier molecular flexibility index (Phi) is 5.90. The van der Waals surface area contributed by atoms with Crippen LogP contribution in [0, 0.1) is 0 Å². The molecule has 0 atom stereocenters. The number of benzene rings is 1. The second-order valence-electron chi connectivity index (χ2n) is 5.86. The molecule has 0 spiro atoms. The molecule has 0 saturated carbocycles. The van der Waals surface area contributed by atoms with Gasteiger partial charge in [-0.1, -0.05) is 19.1 Å². The zero-order valence-electron chi connectivity index (χ0n) is 14.1. The summed E-state index contributed by atoms with van der Waals surface area (Å²) in [6.07, 6.45) is 0.843. The van der Waals surface area contributed by atoms with E-state index in [1.807, 2.05) is 19.1 Å². The van der Waals surface area contributed by atoms with Crippen LogP contribution in [0.4, 0.5) is 0 Å². The summed E-state index contributed by atoms with van der Waals surface area (Å²) in [6, 6.07) is 10.1. The summed E-state index contributed by atoms with van der Waals surface area (Å²) in [5.74, 6) is 0. The SMILES string of the molecule is CCc1ccc(S(=O)(=O)N2CCN(S(=O)(=O)c3ccc(Br)s3)CC2)cc1. The van der Waals surface area contributed by atoms with Crippen LogP contribution in [0.3, 0.4) is 0 Å². The zero-order chi connectivity index (χ0) is 18.9. The fourth-order valence-electron chi connectivity index (χ4n) is 2.76. The number of hydrogen-bond donors (Lipinski definition) is 0. The Labute approximate surface area is 166 Å². The Hall–Kier alpha value is -0.780. The maximum atomic E-state index is 12.8. The van der Waals surface area contributed by atoms with Crippen molar-refractivity contribution >= 4 is 47.3 Å². The highest BCUT2D eigenvalue weighted by Crippen LogP contribution is 2.29. The first-order chi connectivity index (χ1) is 12.2. The van der Waals surface area contributed by atoms with Crippen molar-refractivity contribution in [1.82, 2.24) is 8.61 Å². The van der Waals surface area contributed by atoms with Crippen LogP contribution < -0.4 is 0 Å². The molecule has 1 aromatic carbocycles. The first-order valence-corrected chi connectivity index (χ1v) is 12.6. The second-order valence-corrected chi connectivity index (χ2v) is 12.4. The average molecular weight is 479 g/mol. The van der Waals surface area contributed by atoms with E-state index in [4.69, 9.17) is 0 Å². The van der Waals surface area contributed by atoms with Crippen LogP contribution in [0.5, 0.6) is 0 Å². The summed E-state index contributed by atoms with van der Waals surface area (Å²) in [5, 5.41) is 0. The van der Waals surface area contributed by atoms with Crippen LogP contribution in [0.15, 0.2) is 49.3 Å². The lowest BCUT2D eigenvalue weighted by atomic mass is 10.2. The number of thiophene rings is 1. The molecule has 1 fully saturated rings. The molecule has 6 nitrogen and oxygen atoms in total. The highest BCUT2D eigenvalue weighted by Gasteiger charge is 2.34. The van der Waals surface area contributed by atoms with Crippen LogP contribution in [0.25, 0.3) is 0 Å². The van der Waals surface area contributed by atoms with Gasteiger partial charge >= 0.3 is 0 Å². The lowest BCUT2D eigenvalue weighted by molar-refractivity contribution is 0.273. The lowest BCUT2D eigenvalue weighted by Crippen LogP contribution is -2.50. The van der Waals surface area contributed by atoms with Crippen molar-refractivity contribution in [2.45, 2.75) is 22.4 Å². The molecule has 0 unspecified atom stereocenters. The molecule has 0 N–H and O–H groups in total. The molecule has 0 radical (unpaired) electrons. The molecule has 1 saturated heterocycles. The Morgan fingerprint density at radius 3 is 1.88 bits per heavy atom. The van der Waals surface area contributed by atoms with Crippen LogP contribution in [0.2, 0.25) is 0 Å². The van der Waals surface area contributed by atoms with E-state index in [9.17, 15) is 16.8 Å².